The second-order valence-electron chi connectivity index (χ2n) is 9.57. The average molecular weight is 520 g/mol. The van der Waals surface area contributed by atoms with Crippen molar-refractivity contribution in [3.05, 3.63) is 67.1 Å². The van der Waals surface area contributed by atoms with Crippen LogP contribution in [0.25, 0.3) is 56.1 Å². The molecule has 0 atom stereocenters. The summed E-state index contributed by atoms with van der Waals surface area (Å²) in [6, 6.07) is 9.17. The van der Waals surface area contributed by atoms with E-state index < -0.39 is 5.82 Å². The molecule has 0 aromatic carbocycles. The molecule has 1 aliphatic carbocycles. The number of fused-ring (bicyclic) bond motifs is 2. The van der Waals surface area contributed by atoms with Gasteiger partial charge in [0.25, 0.3) is 0 Å². The molecule has 0 bridgehead atoms. The zero-order chi connectivity index (χ0) is 26.3. The van der Waals surface area contributed by atoms with Crippen molar-refractivity contribution in [3.63, 3.8) is 0 Å². The third kappa shape index (κ3) is 4.08. The molecule has 39 heavy (non-hydrogen) atoms. The van der Waals surface area contributed by atoms with Gasteiger partial charge in [0.2, 0.25) is 5.91 Å². The summed E-state index contributed by atoms with van der Waals surface area (Å²) in [6.07, 6.45) is 11.8. The van der Waals surface area contributed by atoms with Gasteiger partial charge < -0.3 is 10.3 Å². The van der Waals surface area contributed by atoms with Gasteiger partial charge in [0.1, 0.15) is 17.0 Å². The number of nitrogens with one attached hydrogen (secondary N) is 3. The quantitative estimate of drug-likeness (QED) is 0.281. The monoisotopic (exact) mass is 519 g/mol. The van der Waals surface area contributed by atoms with E-state index in [1.165, 1.54) is 6.20 Å². The molecule has 0 unspecified atom stereocenters. The fraction of sp³-hybridized carbons (Fsp3) is 0.179. The maximum absolute atomic E-state index is 16.1. The number of aromatic amines is 2. The summed E-state index contributed by atoms with van der Waals surface area (Å²) in [7, 11) is 0. The van der Waals surface area contributed by atoms with Gasteiger partial charge in [-0.2, -0.15) is 5.10 Å². The summed E-state index contributed by atoms with van der Waals surface area (Å²) < 4.78 is 16.1. The van der Waals surface area contributed by atoms with Gasteiger partial charge >= 0.3 is 0 Å². The minimum Gasteiger partial charge on any atom is -0.324 e. The molecule has 1 saturated carbocycles. The Morgan fingerprint density at radius 3 is 2.72 bits per heavy atom. The number of halogens is 1. The molecule has 0 saturated heterocycles. The smallest absolute Gasteiger partial charge is 0.227 e. The van der Waals surface area contributed by atoms with Crippen molar-refractivity contribution in [2.45, 2.75) is 25.7 Å². The van der Waals surface area contributed by atoms with E-state index in [-0.39, 0.29) is 34.1 Å². The normalized spacial score (nSPS) is 13.9. The number of imidazole rings is 1. The number of H-pyrrole nitrogens is 2. The zero-order valence-corrected chi connectivity index (χ0v) is 20.6. The number of carbonyl (C=O) groups excluding carboxylic acids is 1. The Morgan fingerprint density at radius 1 is 0.974 bits per heavy atom. The van der Waals surface area contributed by atoms with Crippen molar-refractivity contribution in [2.75, 3.05) is 5.32 Å². The van der Waals surface area contributed by atoms with Gasteiger partial charge in [0.15, 0.2) is 17.1 Å². The molecule has 7 rings (SSSR count). The van der Waals surface area contributed by atoms with Crippen LogP contribution in [0.1, 0.15) is 25.7 Å². The molecule has 192 valence electrons. The van der Waals surface area contributed by atoms with E-state index in [9.17, 15) is 4.79 Å². The van der Waals surface area contributed by atoms with Crippen LogP contribution in [0.15, 0.2) is 61.3 Å². The van der Waals surface area contributed by atoms with E-state index in [2.05, 4.69) is 40.4 Å². The number of carbonyl (C=O) groups is 1. The van der Waals surface area contributed by atoms with Crippen LogP contribution in [0.3, 0.4) is 0 Å². The largest absolute Gasteiger partial charge is 0.324 e. The molecule has 0 aliphatic heterocycles. The molecule has 0 radical (unpaired) electrons. The molecule has 3 N–H and O–H groups in total. The first-order valence-corrected chi connectivity index (χ1v) is 12.7. The highest BCUT2D eigenvalue weighted by Crippen LogP contribution is 2.34. The molecule has 0 spiro atoms. The lowest BCUT2D eigenvalue weighted by atomic mass is 10.1. The number of pyridine rings is 4. The third-order valence-corrected chi connectivity index (χ3v) is 7.12. The van der Waals surface area contributed by atoms with Crippen LogP contribution in [0, 0.1) is 11.7 Å². The van der Waals surface area contributed by atoms with Gasteiger partial charge in [0, 0.05) is 47.4 Å². The highest BCUT2D eigenvalue weighted by Gasteiger charge is 2.24. The first-order valence-electron chi connectivity index (χ1n) is 12.7. The molecule has 6 aromatic heterocycles. The minimum atomic E-state index is -0.525. The van der Waals surface area contributed by atoms with Gasteiger partial charge in [-0.1, -0.05) is 18.9 Å². The van der Waals surface area contributed by atoms with Crippen molar-refractivity contribution in [1.29, 1.82) is 0 Å². The fourth-order valence-corrected chi connectivity index (χ4v) is 5.17. The Bertz CT molecular complexity index is 1840. The molecule has 6 aromatic rings. The van der Waals surface area contributed by atoms with E-state index in [0.717, 1.165) is 36.9 Å². The first kappa shape index (κ1) is 23.1. The predicted octanol–water partition coefficient (Wildman–Crippen LogP) is 5.29. The van der Waals surface area contributed by atoms with E-state index >= 15 is 4.39 Å². The predicted molar refractivity (Wildman–Crippen MR) is 144 cm³/mol. The summed E-state index contributed by atoms with van der Waals surface area (Å²) >= 11 is 0. The Kier molecular flexibility index (Phi) is 5.54. The van der Waals surface area contributed by atoms with Crippen LogP contribution >= 0.6 is 0 Å². The Hall–Kier alpha value is -5.06. The summed E-state index contributed by atoms with van der Waals surface area (Å²) in [6.45, 7) is 0. The van der Waals surface area contributed by atoms with E-state index in [1.54, 1.807) is 30.9 Å². The highest BCUT2D eigenvalue weighted by atomic mass is 19.1. The SMILES string of the molecule is O=C(Nc1cncc(-c2cnc3[nH]nc(-c4nc5c(-c6ccccn6)ccnc5[nH]4)c3c2F)c1)C1CCCC1. The topological polar surface area (TPSA) is 138 Å². The van der Waals surface area contributed by atoms with E-state index in [1.807, 2.05) is 24.3 Å². The van der Waals surface area contributed by atoms with Crippen molar-refractivity contribution >= 4 is 33.8 Å². The molecular weight excluding hydrogens is 497 g/mol. The summed E-state index contributed by atoms with van der Waals surface area (Å²) in [5.74, 6) is -0.196. The fourth-order valence-electron chi connectivity index (χ4n) is 5.17. The second-order valence-corrected chi connectivity index (χ2v) is 9.57. The number of aromatic nitrogens is 8. The van der Waals surface area contributed by atoms with Gasteiger partial charge in [-0.3, -0.25) is 19.9 Å². The Labute approximate surface area is 221 Å². The summed E-state index contributed by atoms with van der Waals surface area (Å²) in [5, 5.41) is 10.2. The molecule has 1 amide bonds. The second kappa shape index (κ2) is 9.35. The third-order valence-electron chi connectivity index (χ3n) is 7.12. The number of nitrogens with zero attached hydrogens (tertiary/aromatic N) is 6. The molecule has 6 heterocycles. The number of anilines is 1. The number of rotatable bonds is 5. The van der Waals surface area contributed by atoms with E-state index in [0.29, 0.717) is 28.2 Å². The van der Waals surface area contributed by atoms with Crippen LogP contribution < -0.4 is 5.32 Å². The van der Waals surface area contributed by atoms with Crippen LogP contribution in [-0.4, -0.2) is 46.0 Å². The molecular formula is C28H22FN9O. The van der Waals surface area contributed by atoms with Crippen molar-refractivity contribution in [2.24, 2.45) is 5.92 Å². The number of hydrogen-bond acceptors (Lipinski definition) is 7. The Morgan fingerprint density at radius 2 is 1.87 bits per heavy atom. The van der Waals surface area contributed by atoms with Gasteiger partial charge in [-0.15, -0.1) is 0 Å². The highest BCUT2D eigenvalue weighted by molar-refractivity contribution is 5.97. The summed E-state index contributed by atoms with van der Waals surface area (Å²) in [5.41, 5.74) is 4.47. The van der Waals surface area contributed by atoms with Crippen LogP contribution in [0.2, 0.25) is 0 Å². The van der Waals surface area contributed by atoms with Gasteiger partial charge in [0.05, 0.1) is 23.0 Å². The van der Waals surface area contributed by atoms with Crippen molar-refractivity contribution in [3.8, 4) is 33.9 Å². The lowest BCUT2D eigenvalue weighted by Gasteiger charge is -2.11. The lowest BCUT2D eigenvalue weighted by Crippen LogP contribution is -2.20. The Balaban J connectivity index is 1.28. The minimum absolute atomic E-state index is 0.00776. The number of amides is 1. The molecule has 1 fully saturated rings. The average Bonchev–Trinajstić information content (AvgIpc) is 3.73. The molecule has 10 nitrogen and oxygen atoms in total. The van der Waals surface area contributed by atoms with E-state index in [4.69, 9.17) is 4.98 Å². The standard InChI is InChI=1S/C28H22FN9O/c29-22-19(16-11-17(13-30-12-16)34-28(39)15-5-1-2-6-15)14-33-25-21(22)24(37-38-25)27-35-23-18(8-10-32-26(23)36-27)20-7-3-4-9-31-20/h3-4,7-15H,1-2,5-6H2,(H,34,39)(H,32,35,36)(H,33,37,38). The number of hydrogen-bond donors (Lipinski definition) is 3. The maximum Gasteiger partial charge on any atom is 0.227 e. The molecule has 11 heteroatoms. The van der Waals surface area contributed by atoms with Crippen LogP contribution in [0.5, 0.6) is 0 Å². The van der Waals surface area contributed by atoms with Gasteiger partial charge in [-0.05, 0) is 37.1 Å². The van der Waals surface area contributed by atoms with Crippen molar-refractivity contribution < 1.29 is 9.18 Å². The summed E-state index contributed by atoms with van der Waals surface area (Å²) in [4.78, 5) is 37.9. The van der Waals surface area contributed by atoms with Crippen LogP contribution in [0.4, 0.5) is 10.1 Å². The first-order chi connectivity index (χ1) is 19.2. The molecule has 1 aliphatic rings. The maximum atomic E-state index is 16.1. The van der Waals surface area contributed by atoms with Crippen LogP contribution in [-0.2, 0) is 4.79 Å². The lowest BCUT2D eigenvalue weighted by molar-refractivity contribution is -0.119. The van der Waals surface area contributed by atoms with Crippen molar-refractivity contribution in [1.82, 2.24) is 40.1 Å². The zero-order valence-electron chi connectivity index (χ0n) is 20.6. The van der Waals surface area contributed by atoms with Gasteiger partial charge in [-0.25, -0.2) is 19.3 Å².